The predicted octanol–water partition coefficient (Wildman–Crippen LogP) is 7.54. The van der Waals surface area contributed by atoms with Gasteiger partial charge >= 0.3 is 0 Å². The molecule has 3 N–H and O–H groups in total. The number of benzene rings is 3. The molecule has 2 unspecified atom stereocenters. The highest BCUT2D eigenvalue weighted by molar-refractivity contribution is 6.02. The number of amides is 1. The van der Waals surface area contributed by atoms with Crippen molar-refractivity contribution in [2.45, 2.75) is 64.7 Å². The maximum Gasteiger partial charge on any atom is 0.256 e. The largest absolute Gasteiger partial charge is 0.451 e. The second-order valence-corrected chi connectivity index (χ2v) is 13.1. The fourth-order valence-electron chi connectivity index (χ4n) is 7.17. The fraction of sp³-hybridized carbons (Fsp3) is 0.474. The van der Waals surface area contributed by atoms with E-state index in [0.717, 1.165) is 81.9 Å². The zero-order valence-corrected chi connectivity index (χ0v) is 27.6. The van der Waals surface area contributed by atoms with Crippen molar-refractivity contribution >= 4 is 33.3 Å². The van der Waals surface area contributed by atoms with Gasteiger partial charge in [-0.15, -0.1) is 0 Å². The molecule has 0 radical (unpaired) electrons. The van der Waals surface area contributed by atoms with E-state index in [1.807, 2.05) is 48.0 Å². The van der Waals surface area contributed by atoms with Gasteiger partial charge in [0.05, 0.1) is 11.1 Å². The van der Waals surface area contributed by atoms with Gasteiger partial charge in [-0.25, -0.2) is 4.39 Å². The van der Waals surface area contributed by atoms with Crippen LogP contribution in [0.4, 0.5) is 10.1 Å². The van der Waals surface area contributed by atoms with Crippen LogP contribution >= 0.6 is 0 Å². The van der Waals surface area contributed by atoms with Crippen molar-refractivity contribution in [3.05, 3.63) is 70.3 Å². The third kappa shape index (κ3) is 7.31. The van der Waals surface area contributed by atoms with Gasteiger partial charge in [0, 0.05) is 32.5 Å². The number of aromatic nitrogens is 1. The number of carbonyl (C=O) groups excluding carboxylic acids is 1. The van der Waals surface area contributed by atoms with Crippen molar-refractivity contribution in [3.8, 4) is 17.2 Å². The lowest BCUT2D eigenvalue weighted by Crippen LogP contribution is -2.36. The first-order valence-corrected chi connectivity index (χ1v) is 17.4. The van der Waals surface area contributed by atoms with Crippen molar-refractivity contribution < 1.29 is 18.7 Å². The SMILES string of the molecule is CCCOCCCCCCNc1c(F)cc2c(=O)c(C(=O)NCC3CCCC(CNC)C3)cn3c2c1Oc1cc2ccccc2cc1-3. The lowest BCUT2D eigenvalue weighted by Gasteiger charge is -2.29. The molecule has 4 aromatic rings. The number of anilines is 1. The van der Waals surface area contributed by atoms with E-state index < -0.39 is 17.2 Å². The van der Waals surface area contributed by atoms with Crippen molar-refractivity contribution in [2.24, 2.45) is 11.8 Å². The maximum absolute atomic E-state index is 15.9. The van der Waals surface area contributed by atoms with Crippen LogP contribution in [0.25, 0.3) is 27.4 Å². The van der Waals surface area contributed by atoms with Gasteiger partial charge in [-0.1, -0.05) is 50.5 Å². The number of halogens is 1. The van der Waals surface area contributed by atoms with Crippen molar-refractivity contribution in [1.82, 2.24) is 15.2 Å². The minimum Gasteiger partial charge on any atom is -0.451 e. The average Bonchev–Trinajstić information content (AvgIpc) is 3.08. The van der Waals surface area contributed by atoms with Crippen LogP contribution in [0, 0.1) is 17.7 Å². The van der Waals surface area contributed by atoms with Crippen LogP contribution < -0.4 is 26.1 Å². The Kier molecular flexibility index (Phi) is 10.7. The van der Waals surface area contributed by atoms with Crippen LogP contribution in [0.15, 0.2) is 53.5 Å². The summed E-state index contributed by atoms with van der Waals surface area (Å²) in [4.78, 5) is 27.5. The Bertz CT molecular complexity index is 1790. The third-order valence-electron chi connectivity index (χ3n) is 9.54. The number of fused-ring (bicyclic) bond motifs is 3. The Labute approximate surface area is 276 Å². The first kappa shape index (κ1) is 33.0. The van der Waals surface area contributed by atoms with E-state index in [2.05, 4.69) is 22.9 Å². The molecular weight excluding hydrogens is 595 g/mol. The number of unbranched alkanes of at least 4 members (excludes halogenated alkanes) is 3. The molecule has 0 bridgehead atoms. The molecular formula is C38H47FN4O4. The van der Waals surface area contributed by atoms with E-state index in [1.165, 1.54) is 12.5 Å². The molecule has 47 heavy (non-hydrogen) atoms. The van der Waals surface area contributed by atoms with Gasteiger partial charge in [0.25, 0.3) is 5.91 Å². The summed E-state index contributed by atoms with van der Waals surface area (Å²) in [7, 11) is 1.97. The average molecular weight is 643 g/mol. The lowest BCUT2D eigenvalue weighted by atomic mass is 9.81. The van der Waals surface area contributed by atoms with E-state index in [4.69, 9.17) is 9.47 Å². The van der Waals surface area contributed by atoms with E-state index >= 15 is 4.39 Å². The molecule has 1 fully saturated rings. The van der Waals surface area contributed by atoms with Crippen LogP contribution in [0.5, 0.6) is 11.5 Å². The molecule has 0 spiro atoms. The summed E-state index contributed by atoms with van der Waals surface area (Å²) < 4.78 is 29.7. The second kappa shape index (κ2) is 15.3. The minimum atomic E-state index is -0.580. The van der Waals surface area contributed by atoms with Gasteiger partial charge in [-0.05, 0) is 92.9 Å². The highest BCUT2D eigenvalue weighted by Crippen LogP contribution is 2.46. The summed E-state index contributed by atoms with van der Waals surface area (Å²) in [5.41, 5.74) is 0.862. The Balaban J connectivity index is 1.30. The maximum atomic E-state index is 15.9. The Morgan fingerprint density at radius 3 is 2.57 bits per heavy atom. The minimum absolute atomic E-state index is 0.00457. The molecule has 1 aliphatic carbocycles. The highest BCUT2D eigenvalue weighted by Gasteiger charge is 2.29. The third-order valence-corrected chi connectivity index (χ3v) is 9.54. The molecule has 1 aliphatic heterocycles. The van der Waals surface area contributed by atoms with Crippen LogP contribution in [0.2, 0.25) is 0 Å². The highest BCUT2D eigenvalue weighted by atomic mass is 19.1. The number of pyridine rings is 1. The summed E-state index contributed by atoms with van der Waals surface area (Å²) in [6, 6.07) is 13.1. The number of hydrogen-bond donors (Lipinski definition) is 3. The van der Waals surface area contributed by atoms with Gasteiger partial charge in [-0.2, -0.15) is 0 Å². The number of rotatable bonds is 15. The molecule has 1 saturated carbocycles. The molecule has 1 amide bonds. The van der Waals surface area contributed by atoms with Crippen molar-refractivity contribution in [3.63, 3.8) is 0 Å². The Hall–Kier alpha value is -3.95. The molecule has 2 aliphatic rings. The molecule has 6 rings (SSSR count). The van der Waals surface area contributed by atoms with Crippen LogP contribution in [0.1, 0.15) is 75.1 Å². The molecule has 9 heteroatoms. The van der Waals surface area contributed by atoms with Crippen molar-refractivity contribution in [2.75, 3.05) is 45.2 Å². The lowest BCUT2D eigenvalue weighted by molar-refractivity contribution is 0.0938. The number of nitrogens with zero attached hydrogens (tertiary/aromatic N) is 1. The fourth-order valence-corrected chi connectivity index (χ4v) is 7.17. The smallest absolute Gasteiger partial charge is 0.256 e. The van der Waals surface area contributed by atoms with Gasteiger partial charge < -0.3 is 30.0 Å². The van der Waals surface area contributed by atoms with Crippen molar-refractivity contribution in [1.29, 1.82) is 0 Å². The van der Waals surface area contributed by atoms with Crippen LogP contribution in [-0.2, 0) is 4.74 Å². The predicted molar refractivity (Wildman–Crippen MR) is 187 cm³/mol. The normalized spacial score (nSPS) is 17.0. The standard InChI is InChI=1S/C38H47FN4O4/c1-3-16-46-17-9-5-4-8-15-41-34-31(39)21-29-35-37(34)47-33-20-28-14-7-6-13-27(28)19-32(33)43(35)24-30(36(29)44)38(45)42-23-26-12-10-11-25(18-26)22-40-2/h6-7,13-14,19-21,24-26,40-41H,3-5,8-12,15-18,22-23H2,1-2H3,(H,42,45). The van der Waals surface area contributed by atoms with Gasteiger partial charge in [0.1, 0.15) is 16.8 Å². The Morgan fingerprint density at radius 2 is 1.79 bits per heavy atom. The topological polar surface area (TPSA) is 93.6 Å². The molecule has 1 aromatic heterocycles. The molecule has 0 saturated heterocycles. The number of carbonyl (C=O) groups is 1. The summed E-state index contributed by atoms with van der Waals surface area (Å²) in [5, 5.41) is 11.7. The molecule has 3 aromatic carbocycles. The van der Waals surface area contributed by atoms with Gasteiger partial charge in [0.2, 0.25) is 5.43 Å². The molecule has 250 valence electrons. The molecule has 8 nitrogen and oxygen atoms in total. The van der Waals surface area contributed by atoms with Gasteiger partial charge in [0.15, 0.2) is 17.3 Å². The summed E-state index contributed by atoms with van der Waals surface area (Å²) in [5.74, 6) is 0.731. The van der Waals surface area contributed by atoms with E-state index in [-0.39, 0.29) is 22.4 Å². The van der Waals surface area contributed by atoms with Crippen LogP contribution in [-0.4, -0.2) is 50.4 Å². The Morgan fingerprint density at radius 1 is 1.02 bits per heavy atom. The zero-order chi connectivity index (χ0) is 32.8. The van der Waals surface area contributed by atoms with E-state index in [0.29, 0.717) is 41.9 Å². The van der Waals surface area contributed by atoms with E-state index in [1.54, 1.807) is 6.20 Å². The summed E-state index contributed by atoms with van der Waals surface area (Å²) >= 11 is 0. The van der Waals surface area contributed by atoms with Crippen LogP contribution in [0.3, 0.4) is 0 Å². The summed E-state index contributed by atoms with van der Waals surface area (Å²) in [6.45, 7) is 5.69. The quantitative estimate of drug-likeness (QED) is 0.102. The zero-order valence-electron chi connectivity index (χ0n) is 27.6. The number of ether oxygens (including phenoxy) is 2. The van der Waals surface area contributed by atoms with Gasteiger partial charge in [-0.3, -0.25) is 9.59 Å². The number of hydrogen-bond acceptors (Lipinski definition) is 6. The van der Waals surface area contributed by atoms with E-state index in [9.17, 15) is 9.59 Å². The number of nitrogens with one attached hydrogen (secondary N) is 3. The molecule has 2 atom stereocenters. The second-order valence-electron chi connectivity index (χ2n) is 13.1. The first-order valence-electron chi connectivity index (χ1n) is 17.4. The summed E-state index contributed by atoms with van der Waals surface area (Å²) in [6.07, 6.45) is 10.9. The monoisotopic (exact) mass is 642 g/mol. The first-order chi connectivity index (χ1) is 23.0. The molecule has 2 heterocycles.